The topological polar surface area (TPSA) is 38.3 Å². The van der Waals surface area contributed by atoms with Crippen LogP contribution in [-0.2, 0) is 4.74 Å². The van der Waals surface area contributed by atoms with E-state index in [0.717, 1.165) is 24.3 Å². The Kier molecular flexibility index (Phi) is 5.15. The molecule has 4 heteroatoms. The molecule has 1 N–H and O–H groups in total. The monoisotopic (exact) mass is 309 g/mol. The van der Waals surface area contributed by atoms with Crippen LogP contribution < -0.4 is 5.32 Å². The van der Waals surface area contributed by atoms with Crippen LogP contribution in [0.4, 0.5) is 4.79 Å². The van der Waals surface area contributed by atoms with Gasteiger partial charge >= 0.3 is 6.09 Å². The van der Waals surface area contributed by atoms with Gasteiger partial charge in [-0.15, -0.1) is 0 Å². The Balaban J connectivity index is 2.05. The first-order chi connectivity index (χ1) is 9.85. The number of hydrogen-bond acceptors (Lipinski definition) is 2. The molecule has 3 nitrogen and oxygen atoms in total. The number of nitrogens with one attached hydrogen (secondary N) is 1. The van der Waals surface area contributed by atoms with E-state index in [2.05, 4.69) is 17.4 Å². The van der Waals surface area contributed by atoms with Gasteiger partial charge < -0.3 is 10.1 Å². The van der Waals surface area contributed by atoms with Crippen molar-refractivity contribution >= 4 is 17.7 Å². The van der Waals surface area contributed by atoms with Crippen molar-refractivity contribution in [3.05, 3.63) is 34.9 Å². The first-order valence-corrected chi connectivity index (χ1v) is 7.98. The molecule has 0 radical (unpaired) electrons. The van der Waals surface area contributed by atoms with E-state index in [4.69, 9.17) is 16.3 Å². The molecule has 1 aliphatic rings. The largest absolute Gasteiger partial charge is 0.444 e. The zero-order valence-corrected chi connectivity index (χ0v) is 13.7. The lowest BCUT2D eigenvalue weighted by atomic mass is 9.80. The number of hydrogen-bond donors (Lipinski definition) is 1. The van der Waals surface area contributed by atoms with Crippen molar-refractivity contribution < 1.29 is 9.53 Å². The van der Waals surface area contributed by atoms with Crippen molar-refractivity contribution in [3.63, 3.8) is 0 Å². The molecule has 0 spiro atoms. The van der Waals surface area contributed by atoms with Crippen molar-refractivity contribution in [1.82, 2.24) is 5.32 Å². The van der Waals surface area contributed by atoms with Crippen molar-refractivity contribution in [1.29, 1.82) is 0 Å². The molecular formula is C17H24ClNO2. The Bertz CT molecular complexity index is 479. The molecule has 2 atom stereocenters. The molecule has 1 aliphatic carbocycles. The number of rotatable bonds is 2. The van der Waals surface area contributed by atoms with E-state index >= 15 is 0 Å². The zero-order valence-electron chi connectivity index (χ0n) is 13.0. The average molecular weight is 310 g/mol. The molecule has 21 heavy (non-hydrogen) atoms. The second kappa shape index (κ2) is 6.69. The van der Waals surface area contributed by atoms with Crippen molar-refractivity contribution in [2.45, 2.75) is 64.0 Å². The lowest BCUT2D eigenvalue weighted by Gasteiger charge is -2.33. The molecule has 1 aromatic rings. The van der Waals surface area contributed by atoms with Gasteiger partial charge in [-0.3, -0.25) is 0 Å². The predicted octanol–water partition coefficient (Wildman–Crippen LogP) is 4.89. The lowest BCUT2D eigenvalue weighted by molar-refractivity contribution is 0.0485. The maximum absolute atomic E-state index is 12.0. The molecule has 0 aliphatic heterocycles. The minimum absolute atomic E-state index is 0.134. The number of ether oxygens (including phenoxy) is 1. The third-order valence-electron chi connectivity index (χ3n) is 3.77. The maximum atomic E-state index is 12.0. The molecule has 2 rings (SSSR count). The quantitative estimate of drug-likeness (QED) is 0.844. The molecule has 0 unspecified atom stereocenters. The van der Waals surface area contributed by atoms with Crippen LogP contribution >= 0.6 is 11.6 Å². The summed E-state index contributed by atoms with van der Waals surface area (Å²) in [5.74, 6) is 0.337. The molecule has 0 bridgehead atoms. The third-order valence-corrected chi connectivity index (χ3v) is 4.02. The van der Waals surface area contributed by atoms with Crippen LogP contribution in [0.1, 0.15) is 57.9 Å². The number of benzene rings is 1. The van der Waals surface area contributed by atoms with Gasteiger partial charge in [0.25, 0.3) is 0 Å². The molecule has 1 fully saturated rings. The summed E-state index contributed by atoms with van der Waals surface area (Å²) in [6.07, 6.45) is 4.09. The number of carbonyl (C=O) groups is 1. The van der Waals surface area contributed by atoms with Gasteiger partial charge in [-0.25, -0.2) is 4.79 Å². The van der Waals surface area contributed by atoms with Crippen LogP contribution in [0.3, 0.4) is 0 Å². The Morgan fingerprint density at radius 2 is 1.81 bits per heavy atom. The molecule has 116 valence electrons. The molecule has 0 saturated heterocycles. The van der Waals surface area contributed by atoms with Crippen molar-refractivity contribution in [2.24, 2.45) is 0 Å². The first kappa shape index (κ1) is 16.2. The molecule has 0 heterocycles. The van der Waals surface area contributed by atoms with Gasteiger partial charge in [0.05, 0.1) is 0 Å². The molecule has 0 aromatic heterocycles. The van der Waals surface area contributed by atoms with Gasteiger partial charge in [-0.1, -0.05) is 36.6 Å². The zero-order chi connectivity index (χ0) is 15.5. The maximum Gasteiger partial charge on any atom is 0.407 e. The number of carbonyl (C=O) groups excluding carboxylic acids is 1. The molecule has 1 aromatic carbocycles. The highest BCUT2D eigenvalue weighted by Gasteiger charge is 2.29. The first-order valence-electron chi connectivity index (χ1n) is 7.60. The SMILES string of the molecule is CC(C)(C)OC(=O)N[C@@H]1CCCC[C@H]1c1ccc(Cl)cc1. The highest BCUT2D eigenvalue weighted by atomic mass is 35.5. The minimum atomic E-state index is -0.464. The van der Waals surface area contributed by atoms with Gasteiger partial charge in [0, 0.05) is 17.0 Å². The number of halogens is 1. The Morgan fingerprint density at radius 3 is 2.43 bits per heavy atom. The number of amides is 1. The van der Waals surface area contributed by atoms with E-state index in [1.807, 2.05) is 32.9 Å². The van der Waals surface area contributed by atoms with Crippen LogP contribution in [0.2, 0.25) is 5.02 Å². The van der Waals surface area contributed by atoms with Gasteiger partial charge in [-0.05, 0) is 51.3 Å². The third kappa shape index (κ3) is 4.92. The standard InChI is InChI=1S/C17H24ClNO2/c1-17(2,3)21-16(20)19-15-7-5-4-6-14(15)12-8-10-13(18)11-9-12/h8-11,14-15H,4-7H2,1-3H3,(H,19,20)/t14-,15+/m0/s1. The summed E-state index contributed by atoms with van der Waals surface area (Å²) in [5.41, 5.74) is 0.772. The van der Waals surface area contributed by atoms with Crippen LogP contribution in [-0.4, -0.2) is 17.7 Å². The lowest BCUT2D eigenvalue weighted by Crippen LogP contribution is -2.43. The van der Waals surface area contributed by atoms with E-state index in [1.165, 1.54) is 12.0 Å². The van der Waals surface area contributed by atoms with E-state index in [0.29, 0.717) is 5.92 Å². The highest BCUT2D eigenvalue weighted by molar-refractivity contribution is 6.30. The number of alkyl carbamates (subject to hydrolysis) is 1. The van der Waals surface area contributed by atoms with Crippen LogP contribution in [0.25, 0.3) is 0 Å². The van der Waals surface area contributed by atoms with Crippen LogP contribution in [0.5, 0.6) is 0 Å². The Labute approximate surface area is 132 Å². The van der Waals surface area contributed by atoms with Gasteiger partial charge in [0.15, 0.2) is 0 Å². The van der Waals surface area contributed by atoms with Crippen LogP contribution in [0, 0.1) is 0 Å². The molecular weight excluding hydrogens is 286 g/mol. The van der Waals surface area contributed by atoms with Gasteiger partial charge in [0.2, 0.25) is 0 Å². The molecule has 1 saturated carbocycles. The van der Waals surface area contributed by atoms with Gasteiger partial charge in [-0.2, -0.15) is 0 Å². The van der Waals surface area contributed by atoms with Crippen LogP contribution in [0.15, 0.2) is 24.3 Å². The van der Waals surface area contributed by atoms with Crippen molar-refractivity contribution in [2.75, 3.05) is 0 Å². The fourth-order valence-corrected chi connectivity index (χ4v) is 3.00. The summed E-state index contributed by atoms with van der Waals surface area (Å²) in [7, 11) is 0. The summed E-state index contributed by atoms with van der Waals surface area (Å²) in [4.78, 5) is 12.0. The van der Waals surface area contributed by atoms with E-state index in [1.54, 1.807) is 0 Å². The second-order valence-electron chi connectivity index (χ2n) is 6.70. The van der Waals surface area contributed by atoms with Crippen molar-refractivity contribution in [3.8, 4) is 0 Å². The predicted molar refractivity (Wildman–Crippen MR) is 85.8 cm³/mol. The second-order valence-corrected chi connectivity index (χ2v) is 7.13. The summed E-state index contributed by atoms with van der Waals surface area (Å²) >= 11 is 5.95. The minimum Gasteiger partial charge on any atom is -0.444 e. The average Bonchev–Trinajstić information content (AvgIpc) is 2.38. The Morgan fingerprint density at radius 1 is 1.19 bits per heavy atom. The normalized spacial score (nSPS) is 22.7. The highest BCUT2D eigenvalue weighted by Crippen LogP contribution is 2.33. The summed E-state index contributed by atoms with van der Waals surface area (Å²) in [5, 5.41) is 3.79. The van der Waals surface area contributed by atoms with E-state index < -0.39 is 5.60 Å². The van der Waals surface area contributed by atoms with Gasteiger partial charge in [0.1, 0.15) is 5.60 Å². The smallest absolute Gasteiger partial charge is 0.407 e. The fourth-order valence-electron chi connectivity index (χ4n) is 2.87. The Hall–Kier alpha value is -1.22. The van der Waals surface area contributed by atoms with E-state index in [9.17, 15) is 4.79 Å². The van der Waals surface area contributed by atoms with E-state index in [-0.39, 0.29) is 12.1 Å². The fraction of sp³-hybridized carbons (Fsp3) is 0.588. The molecule has 1 amide bonds. The summed E-state index contributed by atoms with van der Waals surface area (Å²) in [6.45, 7) is 5.64. The summed E-state index contributed by atoms with van der Waals surface area (Å²) in [6, 6.07) is 8.07. The summed E-state index contributed by atoms with van der Waals surface area (Å²) < 4.78 is 5.37.